The summed E-state index contributed by atoms with van der Waals surface area (Å²) in [4.78, 5) is 30.9. The molecule has 0 heterocycles. The van der Waals surface area contributed by atoms with Gasteiger partial charge in [-0.15, -0.1) is 0 Å². The van der Waals surface area contributed by atoms with Crippen LogP contribution in [0.15, 0.2) is 24.3 Å². The Morgan fingerprint density at radius 3 is 2.82 bits per heavy atom. The van der Waals surface area contributed by atoms with E-state index in [0.717, 1.165) is 0 Å². The van der Waals surface area contributed by atoms with Crippen molar-refractivity contribution in [2.45, 2.75) is 12.5 Å². The molecular weight excluding hydrogens is 228 g/mol. The molecule has 0 aromatic heterocycles. The number of hydrogen-bond donors (Lipinski definition) is 2. The second-order valence-electron chi connectivity index (χ2n) is 3.31. The number of benzene rings is 1. The van der Waals surface area contributed by atoms with Crippen LogP contribution in [0, 0.1) is 10.1 Å². The van der Waals surface area contributed by atoms with Crippen LogP contribution in [0.1, 0.15) is 5.56 Å². The van der Waals surface area contributed by atoms with E-state index in [1.807, 2.05) is 0 Å². The summed E-state index contributed by atoms with van der Waals surface area (Å²) in [6.45, 7) is 0. The molecule has 0 aliphatic carbocycles. The SMILES string of the molecule is O=CN[C@@H](Cc1cccc([N+](=O)[O-])c1)C(=O)O. The number of carboxylic acid groups (broad SMARTS) is 1. The molecule has 0 bridgehead atoms. The fourth-order valence-electron chi connectivity index (χ4n) is 1.33. The van der Waals surface area contributed by atoms with Crippen LogP contribution < -0.4 is 5.32 Å². The van der Waals surface area contributed by atoms with E-state index < -0.39 is 16.9 Å². The second kappa shape index (κ2) is 5.59. The van der Waals surface area contributed by atoms with Crippen LogP contribution in [0.3, 0.4) is 0 Å². The van der Waals surface area contributed by atoms with Gasteiger partial charge in [0.25, 0.3) is 5.69 Å². The maximum absolute atomic E-state index is 10.8. The lowest BCUT2D eigenvalue weighted by molar-refractivity contribution is -0.384. The van der Waals surface area contributed by atoms with Crippen molar-refractivity contribution in [3.63, 3.8) is 0 Å². The quantitative estimate of drug-likeness (QED) is 0.421. The highest BCUT2D eigenvalue weighted by Crippen LogP contribution is 2.14. The molecule has 0 fully saturated rings. The van der Waals surface area contributed by atoms with Crippen molar-refractivity contribution >= 4 is 18.1 Å². The number of amides is 1. The van der Waals surface area contributed by atoms with Gasteiger partial charge in [-0.05, 0) is 5.56 Å². The molecule has 1 atom stereocenters. The van der Waals surface area contributed by atoms with E-state index in [-0.39, 0.29) is 18.5 Å². The van der Waals surface area contributed by atoms with Gasteiger partial charge >= 0.3 is 5.97 Å². The normalized spacial score (nSPS) is 11.5. The molecule has 17 heavy (non-hydrogen) atoms. The van der Waals surface area contributed by atoms with E-state index in [9.17, 15) is 19.7 Å². The van der Waals surface area contributed by atoms with E-state index >= 15 is 0 Å². The summed E-state index contributed by atoms with van der Waals surface area (Å²) in [5.74, 6) is -1.19. The maximum atomic E-state index is 10.8. The number of nitro groups is 1. The molecule has 7 nitrogen and oxygen atoms in total. The molecule has 0 saturated carbocycles. The molecule has 0 saturated heterocycles. The lowest BCUT2D eigenvalue weighted by Gasteiger charge is -2.10. The van der Waals surface area contributed by atoms with Gasteiger partial charge in [-0.25, -0.2) is 4.79 Å². The van der Waals surface area contributed by atoms with Gasteiger partial charge in [0.1, 0.15) is 6.04 Å². The van der Waals surface area contributed by atoms with Crippen LogP contribution in [0.5, 0.6) is 0 Å². The van der Waals surface area contributed by atoms with Crippen LogP contribution in [0.25, 0.3) is 0 Å². The number of hydrogen-bond acceptors (Lipinski definition) is 4. The highest BCUT2D eigenvalue weighted by molar-refractivity contribution is 5.76. The third kappa shape index (κ3) is 3.56. The third-order valence-corrected chi connectivity index (χ3v) is 2.13. The van der Waals surface area contributed by atoms with Crippen LogP contribution in [-0.2, 0) is 16.0 Å². The number of rotatable bonds is 6. The van der Waals surface area contributed by atoms with Crippen molar-refractivity contribution in [3.8, 4) is 0 Å². The smallest absolute Gasteiger partial charge is 0.326 e. The highest BCUT2D eigenvalue weighted by Gasteiger charge is 2.17. The molecule has 0 aliphatic rings. The molecule has 7 heteroatoms. The van der Waals surface area contributed by atoms with E-state index in [4.69, 9.17) is 5.11 Å². The molecular formula is C10H10N2O5. The molecule has 0 unspecified atom stereocenters. The van der Waals surface area contributed by atoms with Crippen LogP contribution in [-0.4, -0.2) is 28.5 Å². The third-order valence-electron chi connectivity index (χ3n) is 2.13. The summed E-state index contributed by atoms with van der Waals surface area (Å²) in [6, 6.07) is 4.53. The Hall–Kier alpha value is -2.44. The summed E-state index contributed by atoms with van der Waals surface area (Å²) in [5.41, 5.74) is 0.360. The summed E-state index contributed by atoms with van der Waals surface area (Å²) in [5, 5.41) is 21.4. The Bertz CT molecular complexity index is 446. The number of carboxylic acids is 1. The fraction of sp³-hybridized carbons (Fsp3) is 0.200. The van der Waals surface area contributed by atoms with Gasteiger partial charge in [-0.3, -0.25) is 14.9 Å². The number of carbonyl (C=O) groups excluding carboxylic acids is 1. The summed E-state index contributed by atoms with van der Waals surface area (Å²) >= 11 is 0. The van der Waals surface area contributed by atoms with Gasteiger partial charge < -0.3 is 10.4 Å². The van der Waals surface area contributed by atoms with Gasteiger partial charge in [-0.2, -0.15) is 0 Å². The van der Waals surface area contributed by atoms with Crippen LogP contribution in [0.2, 0.25) is 0 Å². The minimum absolute atomic E-state index is 0.00421. The van der Waals surface area contributed by atoms with Crippen molar-refractivity contribution in [1.82, 2.24) is 5.32 Å². The minimum atomic E-state index is -1.19. The number of nitro benzene ring substituents is 1. The molecule has 90 valence electrons. The standard InChI is InChI=1S/C10H10N2O5/c13-6-11-9(10(14)15)5-7-2-1-3-8(4-7)12(16)17/h1-4,6,9H,5H2,(H,11,13)(H,14,15)/t9-/m0/s1. The predicted molar refractivity (Wildman–Crippen MR) is 57.4 cm³/mol. The van der Waals surface area contributed by atoms with Gasteiger partial charge in [0.15, 0.2) is 0 Å². The zero-order chi connectivity index (χ0) is 12.8. The molecule has 1 aromatic rings. The lowest BCUT2D eigenvalue weighted by Crippen LogP contribution is -2.37. The largest absolute Gasteiger partial charge is 0.480 e. The summed E-state index contributed by atoms with van der Waals surface area (Å²) in [7, 11) is 0. The Morgan fingerprint density at radius 1 is 1.59 bits per heavy atom. The zero-order valence-electron chi connectivity index (χ0n) is 8.70. The molecule has 0 radical (unpaired) electrons. The Morgan fingerprint density at radius 2 is 2.29 bits per heavy atom. The number of aliphatic carboxylic acids is 1. The minimum Gasteiger partial charge on any atom is -0.480 e. The number of non-ortho nitro benzene ring substituents is 1. The van der Waals surface area contributed by atoms with E-state index in [2.05, 4.69) is 5.32 Å². The van der Waals surface area contributed by atoms with Gasteiger partial charge in [0, 0.05) is 18.6 Å². The number of nitrogens with zero attached hydrogens (tertiary/aromatic N) is 1. The Kier molecular flexibility index (Phi) is 4.15. The van der Waals surface area contributed by atoms with Crippen molar-refractivity contribution in [2.75, 3.05) is 0 Å². The Labute approximate surface area is 96.2 Å². The van der Waals surface area contributed by atoms with Crippen LogP contribution in [0.4, 0.5) is 5.69 Å². The molecule has 2 N–H and O–H groups in total. The first-order chi connectivity index (χ1) is 8.04. The average molecular weight is 238 g/mol. The number of nitrogens with one attached hydrogen (secondary N) is 1. The maximum Gasteiger partial charge on any atom is 0.326 e. The van der Waals surface area contributed by atoms with Crippen molar-refractivity contribution < 1.29 is 19.6 Å². The van der Waals surface area contributed by atoms with Gasteiger partial charge in [-0.1, -0.05) is 12.1 Å². The first kappa shape index (κ1) is 12.6. The van der Waals surface area contributed by atoms with Gasteiger partial charge in [0.05, 0.1) is 4.92 Å². The van der Waals surface area contributed by atoms with Crippen molar-refractivity contribution in [2.24, 2.45) is 0 Å². The molecule has 1 amide bonds. The van der Waals surface area contributed by atoms with Crippen LogP contribution >= 0.6 is 0 Å². The number of carbonyl (C=O) groups is 2. The molecule has 1 aromatic carbocycles. The monoisotopic (exact) mass is 238 g/mol. The zero-order valence-corrected chi connectivity index (χ0v) is 8.70. The van der Waals surface area contributed by atoms with E-state index in [1.54, 1.807) is 6.07 Å². The fourth-order valence-corrected chi connectivity index (χ4v) is 1.33. The average Bonchev–Trinajstić information content (AvgIpc) is 2.28. The summed E-state index contributed by atoms with van der Waals surface area (Å²) in [6.07, 6.45) is 0.284. The first-order valence-electron chi connectivity index (χ1n) is 4.70. The summed E-state index contributed by atoms with van der Waals surface area (Å²) < 4.78 is 0. The van der Waals surface area contributed by atoms with E-state index in [1.165, 1.54) is 18.2 Å². The van der Waals surface area contributed by atoms with Crippen molar-refractivity contribution in [3.05, 3.63) is 39.9 Å². The Balaban J connectivity index is 2.85. The van der Waals surface area contributed by atoms with E-state index in [0.29, 0.717) is 5.56 Å². The predicted octanol–water partition coefficient (Wildman–Crippen LogP) is 0.336. The first-order valence-corrected chi connectivity index (χ1v) is 4.70. The lowest BCUT2D eigenvalue weighted by atomic mass is 10.1. The van der Waals surface area contributed by atoms with Gasteiger partial charge in [0.2, 0.25) is 6.41 Å². The second-order valence-corrected chi connectivity index (χ2v) is 3.31. The molecule has 1 rings (SSSR count). The van der Waals surface area contributed by atoms with Crippen molar-refractivity contribution in [1.29, 1.82) is 0 Å². The highest BCUT2D eigenvalue weighted by atomic mass is 16.6. The molecule has 0 spiro atoms. The topological polar surface area (TPSA) is 110 Å². The molecule has 0 aliphatic heterocycles.